The van der Waals surface area contributed by atoms with Crippen molar-refractivity contribution in [1.29, 1.82) is 0 Å². The third-order valence-corrected chi connectivity index (χ3v) is 3.85. The molecule has 0 radical (unpaired) electrons. The molecule has 3 rings (SSSR count). The van der Waals surface area contributed by atoms with E-state index in [1.54, 1.807) is 6.26 Å². The first kappa shape index (κ1) is 13.8. The number of rotatable bonds is 5. The minimum Gasteiger partial charge on any atom is -0.451 e. The van der Waals surface area contributed by atoms with E-state index in [1.165, 1.54) is 51.7 Å². The minimum absolute atomic E-state index is 0. The third kappa shape index (κ3) is 3.97. The lowest BCUT2D eigenvalue weighted by atomic mass is 10.0. The van der Waals surface area contributed by atoms with Gasteiger partial charge in [-0.15, -0.1) is 12.4 Å². The van der Waals surface area contributed by atoms with Crippen LogP contribution in [0.4, 0.5) is 0 Å². The summed E-state index contributed by atoms with van der Waals surface area (Å²) in [4.78, 5) is 6.64. The predicted molar refractivity (Wildman–Crippen MR) is 72.8 cm³/mol. The number of likely N-dealkylation sites (tertiary alicyclic amines) is 1. The molecular weight excluding hydrogens is 250 g/mol. The number of hydrogen-bond acceptors (Lipinski definition) is 4. The van der Waals surface area contributed by atoms with Gasteiger partial charge in [-0.2, -0.15) is 0 Å². The molecule has 0 spiro atoms. The number of aromatic nitrogens is 1. The largest absolute Gasteiger partial charge is 0.451 e. The maximum Gasteiger partial charge on any atom is 0.180 e. The van der Waals surface area contributed by atoms with E-state index in [9.17, 15) is 0 Å². The maximum atomic E-state index is 5.00. The monoisotopic (exact) mass is 271 g/mol. The first-order valence-corrected chi connectivity index (χ1v) is 6.73. The molecule has 1 saturated heterocycles. The predicted octanol–water partition coefficient (Wildman–Crippen LogP) is 2.06. The summed E-state index contributed by atoms with van der Waals surface area (Å²) in [6.45, 7) is 4.53. The van der Waals surface area contributed by atoms with Gasteiger partial charge in [-0.25, -0.2) is 4.98 Å². The summed E-state index contributed by atoms with van der Waals surface area (Å²) >= 11 is 0. The lowest BCUT2D eigenvalue weighted by molar-refractivity contribution is 0.188. The Morgan fingerprint density at radius 2 is 2.06 bits per heavy atom. The van der Waals surface area contributed by atoms with E-state index < -0.39 is 0 Å². The Bertz CT molecular complexity index is 332. The van der Waals surface area contributed by atoms with Crippen LogP contribution in [0, 0.1) is 5.92 Å². The number of nitrogens with zero attached hydrogens (tertiary/aromatic N) is 2. The number of oxazole rings is 1. The molecule has 1 aliphatic carbocycles. The quantitative estimate of drug-likeness (QED) is 0.890. The topological polar surface area (TPSA) is 41.3 Å². The standard InChI is InChI=1S/C13H21N3O.ClH/c1-2-11(1)7-14-12-3-5-16(6-4-12)8-13-9-17-10-15-13;/h9-12,14H,1-8H2;1H. The summed E-state index contributed by atoms with van der Waals surface area (Å²) in [5.74, 6) is 0.989. The van der Waals surface area contributed by atoms with Crippen molar-refractivity contribution in [3.05, 3.63) is 18.4 Å². The van der Waals surface area contributed by atoms with E-state index in [-0.39, 0.29) is 12.4 Å². The molecule has 2 fully saturated rings. The summed E-state index contributed by atoms with van der Waals surface area (Å²) in [5.41, 5.74) is 1.05. The molecule has 1 saturated carbocycles. The van der Waals surface area contributed by atoms with Crippen LogP contribution in [-0.2, 0) is 6.54 Å². The normalized spacial score (nSPS) is 21.8. The first-order valence-electron chi connectivity index (χ1n) is 6.73. The van der Waals surface area contributed by atoms with Crippen LogP contribution >= 0.6 is 12.4 Å². The van der Waals surface area contributed by atoms with Crippen LogP contribution in [0.1, 0.15) is 31.4 Å². The van der Waals surface area contributed by atoms with Crippen molar-refractivity contribution in [3.8, 4) is 0 Å². The molecule has 1 aliphatic heterocycles. The molecule has 102 valence electrons. The van der Waals surface area contributed by atoms with Crippen molar-refractivity contribution in [3.63, 3.8) is 0 Å². The van der Waals surface area contributed by atoms with Gasteiger partial charge >= 0.3 is 0 Å². The lowest BCUT2D eigenvalue weighted by Gasteiger charge is -2.31. The van der Waals surface area contributed by atoms with Gasteiger partial charge < -0.3 is 9.73 Å². The second-order valence-corrected chi connectivity index (χ2v) is 5.38. The molecule has 5 heteroatoms. The zero-order chi connectivity index (χ0) is 11.5. The Labute approximate surface area is 115 Å². The summed E-state index contributed by atoms with van der Waals surface area (Å²) in [7, 11) is 0. The van der Waals surface area contributed by atoms with Crippen molar-refractivity contribution in [1.82, 2.24) is 15.2 Å². The van der Waals surface area contributed by atoms with Crippen LogP contribution in [0.5, 0.6) is 0 Å². The molecule has 2 aliphatic rings. The Hall–Kier alpha value is -0.580. The third-order valence-electron chi connectivity index (χ3n) is 3.85. The van der Waals surface area contributed by atoms with Gasteiger partial charge in [0.15, 0.2) is 6.39 Å². The zero-order valence-electron chi connectivity index (χ0n) is 10.7. The minimum atomic E-state index is 0. The Kier molecular flexibility index (Phi) is 5.03. The molecule has 0 bridgehead atoms. The molecule has 18 heavy (non-hydrogen) atoms. The molecular formula is C13H22ClN3O. The van der Waals surface area contributed by atoms with Crippen molar-refractivity contribution < 1.29 is 4.42 Å². The fourth-order valence-electron chi connectivity index (χ4n) is 2.50. The molecule has 2 heterocycles. The Morgan fingerprint density at radius 1 is 1.28 bits per heavy atom. The average Bonchev–Trinajstić information content (AvgIpc) is 3.05. The number of hydrogen-bond donors (Lipinski definition) is 1. The lowest BCUT2D eigenvalue weighted by Crippen LogP contribution is -2.42. The van der Waals surface area contributed by atoms with Gasteiger partial charge in [-0.1, -0.05) is 0 Å². The molecule has 4 nitrogen and oxygen atoms in total. The zero-order valence-corrected chi connectivity index (χ0v) is 11.5. The highest BCUT2D eigenvalue weighted by Crippen LogP contribution is 2.28. The second kappa shape index (κ2) is 6.55. The number of halogens is 1. The van der Waals surface area contributed by atoms with Crippen LogP contribution in [-0.4, -0.2) is 35.6 Å². The molecule has 1 N–H and O–H groups in total. The van der Waals surface area contributed by atoms with Gasteiger partial charge in [0.1, 0.15) is 6.26 Å². The summed E-state index contributed by atoms with van der Waals surface area (Å²) in [6.07, 6.45) is 8.68. The van der Waals surface area contributed by atoms with E-state index in [4.69, 9.17) is 4.42 Å². The van der Waals surface area contributed by atoms with Crippen molar-refractivity contribution in [2.75, 3.05) is 19.6 Å². The fraction of sp³-hybridized carbons (Fsp3) is 0.769. The average molecular weight is 272 g/mol. The maximum absolute atomic E-state index is 5.00. The van der Waals surface area contributed by atoms with Crippen LogP contribution in [0.25, 0.3) is 0 Å². The van der Waals surface area contributed by atoms with E-state index in [0.29, 0.717) is 0 Å². The van der Waals surface area contributed by atoms with E-state index in [2.05, 4.69) is 15.2 Å². The SMILES string of the molecule is Cl.c1nc(CN2CCC(NCC3CC3)CC2)co1. The van der Waals surface area contributed by atoms with Gasteiger partial charge in [0.05, 0.1) is 5.69 Å². The Morgan fingerprint density at radius 3 is 2.67 bits per heavy atom. The van der Waals surface area contributed by atoms with Gasteiger partial charge in [-0.05, 0) is 38.1 Å². The van der Waals surface area contributed by atoms with Gasteiger partial charge in [-0.3, -0.25) is 4.90 Å². The molecule has 1 aromatic heterocycles. The smallest absolute Gasteiger partial charge is 0.180 e. The van der Waals surface area contributed by atoms with Gasteiger partial charge in [0, 0.05) is 25.7 Å². The van der Waals surface area contributed by atoms with Crippen LogP contribution < -0.4 is 5.32 Å². The second-order valence-electron chi connectivity index (χ2n) is 5.38. The van der Waals surface area contributed by atoms with Crippen LogP contribution in [0.3, 0.4) is 0 Å². The summed E-state index contributed by atoms with van der Waals surface area (Å²) in [5, 5.41) is 3.70. The first-order chi connectivity index (χ1) is 8.40. The highest BCUT2D eigenvalue weighted by atomic mass is 35.5. The highest BCUT2D eigenvalue weighted by molar-refractivity contribution is 5.85. The van der Waals surface area contributed by atoms with E-state index >= 15 is 0 Å². The number of nitrogens with one attached hydrogen (secondary N) is 1. The molecule has 0 aromatic carbocycles. The van der Waals surface area contributed by atoms with Crippen molar-refractivity contribution in [2.24, 2.45) is 5.92 Å². The highest BCUT2D eigenvalue weighted by Gasteiger charge is 2.24. The van der Waals surface area contributed by atoms with Gasteiger partial charge in [0.25, 0.3) is 0 Å². The number of piperidine rings is 1. The Balaban J connectivity index is 0.00000120. The molecule has 0 unspecified atom stereocenters. The molecule has 0 atom stereocenters. The van der Waals surface area contributed by atoms with Gasteiger partial charge in [0.2, 0.25) is 0 Å². The summed E-state index contributed by atoms with van der Waals surface area (Å²) in [6, 6.07) is 0.740. The molecule has 1 aromatic rings. The van der Waals surface area contributed by atoms with E-state index in [1.807, 2.05) is 0 Å². The van der Waals surface area contributed by atoms with Crippen molar-refractivity contribution >= 4 is 12.4 Å². The molecule has 0 amide bonds. The fourth-order valence-corrected chi connectivity index (χ4v) is 2.50. The van der Waals surface area contributed by atoms with Crippen LogP contribution in [0.2, 0.25) is 0 Å². The summed E-state index contributed by atoms with van der Waals surface area (Å²) < 4.78 is 5.00. The van der Waals surface area contributed by atoms with E-state index in [0.717, 1.165) is 24.2 Å². The van der Waals surface area contributed by atoms with Crippen LogP contribution in [0.15, 0.2) is 17.1 Å². The van der Waals surface area contributed by atoms with Crippen molar-refractivity contribution in [2.45, 2.75) is 38.3 Å².